The van der Waals surface area contributed by atoms with Crippen LogP contribution >= 0.6 is 0 Å². The van der Waals surface area contributed by atoms with Crippen LogP contribution in [-0.4, -0.2) is 23.2 Å². The number of ether oxygens (including phenoxy) is 1. The van der Waals surface area contributed by atoms with Crippen LogP contribution in [0, 0.1) is 5.92 Å². The number of amides is 2. The zero-order chi connectivity index (χ0) is 14.7. The second-order valence-electron chi connectivity index (χ2n) is 4.98. The molecular weight excluding hydrogens is 260 g/mol. The van der Waals surface area contributed by atoms with Gasteiger partial charge in [0.1, 0.15) is 17.9 Å². The third kappa shape index (κ3) is 3.63. The first kappa shape index (κ1) is 14.2. The molecule has 3 N–H and O–H groups in total. The van der Waals surface area contributed by atoms with E-state index in [1.165, 1.54) is 24.3 Å². The van der Waals surface area contributed by atoms with Gasteiger partial charge in [0, 0.05) is 0 Å². The summed E-state index contributed by atoms with van der Waals surface area (Å²) in [6, 6.07) is 4.67. The molecule has 0 heterocycles. The van der Waals surface area contributed by atoms with Gasteiger partial charge in [0.2, 0.25) is 0 Å². The van der Waals surface area contributed by atoms with Crippen LogP contribution in [0.2, 0.25) is 0 Å². The van der Waals surface area contributed by atoms with Crippen molar-refractivity contribution in [3.63, 3.8) is 0 Å². The maximum Gasteiger partial charge on any atom is 0.408 e. The molecule has 6 heteroatoms. The highest BCUT2D eigenvalue weighted by atomic mass is 16.6. The fraction of sp³-hybridized carbons (Fsp3) is 0.429. The van der Waals surface area contributed by atoms with Gasteiger partial charge in [0.05, 0.1) is 0 Å². The van der Waals surface area contributed by atoms with Crippen LogP contribution in [0.5, 0.6) is 5.75 Å². The van der Waals surface area contributed by atoms with E-state index in [1.807, 2.05) is 6.92 Å². The largest absolute Gasteiger partial charge is 0.508 e. The standard InChI is InChI=1S/C14H17N2O4/c1-8(9-2-3-9)20-14(19)16-12(13(15)18)10-4-6-11(17)7-5-10/h4-9,12,15,17H,2-3H2,1H3,(H,16,19). The van der Waals surface area contributed by atoms with Crippen molar-refractivity contribution in [3.05, 3.63) is 29.8 Å². The number of aromatic hydroxyl groups is 1. The number of hydrogen-bond acceptors (Lipinski definition) is 4. The Morgan fingerprint density at radius 1 is 1.35 bits per heavy atom. The monoisotopic (exact) mass is 277 g/mol. The number of carbonyl (C=O) groups is 2. The van der Waals surface area contributed by atoms with Gasteiger partial charge in [0.15, 0.2) is 0 Å². The number of alkyl carbamates (subject to hydrolysis) is 1. The second-order valence-corrected chi connectivity index (χ2v) is 4.98. The number of rotatable bonds is 5. The predicted octanol–water partition coefficient (Wildman–Crippen LogP) is 1.77. The normalized spacial score (nSPS) is 17.1. The maximum atomic E-state index is 11.7. The minimum atomic E-state index is -1.09. The molecule has 0 aromatic heterocycles. The number of phenolic OH excluding ortho intramolecular Hbond substituents is 1. The van der Waals surface area contributed by atoms with E-state index in [2.05, 4.69) is 5.32 Å². The molecule has 1 radical (unpaired) electrons. The fourth-order valence-electron chi connectivity index (χ4n) is 1.95. The molecule has 1 aliphatic rings. The van der Waals surface area contributed by atoms with Crippen LogP contribution in [0.3, 0.4) is 0 Å². The van der Waals surface area contributed by atoms with Crippen LogP contribution in [0.25, 0.3) is 0 Å². The van der Waals surface area contributed by atoms with Crippen molar-refractivity contribution < 1.29 is 19.4 Å². The van der Waals surface area contributed by atoms with E-state index in [0.29, 0.717) is 11.5 Å². The SMILES string of the molecule is CC(OC(=O)NC(C([NH])=O)c1ccc(O)cc1)C1CC1. The minimum absolute atomic E-state index is 0.0508. The Morgan fingerprint density at radius 2 is 1.95 bits per heavy atom. The number of phenols is 1. The van der Waals surface area contributed by atoms with E-state index in [-0.39, 0.29) is 11.9 Å². The van der Waals surface area contributed by atoms with E-state index in [9.17, 15) is 14.7 Å². The molecule has 1 aliphatic carbocycles. The van der Waals surface area contributed by atoms with Gasteiger partial charge in [-0.1, -0.05) is 12.1 Å². The molecule has 2 unspecified atom stereocenters. The summed E-state index contributed by atoms with van der Waals surface area (Å²) in [5.74, 6) is -0.485. The molecule has 2 rings (SSSR count). The van der Waals surface area contributed by atoms with Crippen molar-refractivity contribution in [2.75, 3.05) is 0 Å². The van der Waals surface area contributed by atoms with Crippen LogP contribution in [0.1, 0.15) is 31.4 Å². The Hall–Kier alpha value is -2.24. The molecule has 1 saturated carbocycles. The highest BCUT2D eigenvalue weighted by molar-refractivity contribution is 5.85. The van der Waals surface area contributed by atoms with Crippen molar-refractivity contribution in [1.82, 2.24) is 11.1 Å². The van der Waals surface area contributed by atoms with Gasteiger partial charge < -0.3 is 15.2 Å². The Bertz CT molecular complexity index is 496. The predicted molar refractivity (Wildman–Crippen MR) is 70.8 cm³/mol. The van der Waals surface area contributed by atoms with E-state index in [0.717, 1.165) is 12.8 Å². The highest BCUT2D eigenvalue weighted by Gasteiger charge is 2.31. The lowest BCUT2D eigenvalue weighted by molar-refractivity contribution is -0.120. The molecular formula is C14H17N2O4. The summed E-state index contributed by atoms with van der Waals surface area (Å²) in [4.78, 5) is 23.1. The highest BCUT2D eigenvalue weighted by Crippen LogP contribution is 2.34. The first-order valence-corrected chi connectivity index (χ1v) is 6.49. The minimum Gasteiger partial charge on any atom is -0.508 e. The quantitative estimate of drug-likeness (QED) is 0.856. The molecule has 1 aromatic carbocycles. The lowest BCUT2D eigenvalue weighted by Gasteiger charge is -2.18. The van der Waals surface area contributed by atoms with Gasteiger partial charge in [-0.05, 0) is 43.4 Å². The molecule has 2 atom stereocenters. The summed E-state index contributed by atoms with van der Waals surface area (Å²) in [6.07, 6.45) is 1.21. The summed E-state index contributed by atoms with van der Waals surface area (Å²) < 4.78 is 5.17. The molecule has 0 saturated heterocycles. The van der Waals surface area contributed by atoms with Crippen LogP contribution in [-0.2, 0) is 9.53 Å². The lowest BCUT2D eigenvalue weighted by Crippen LogP contribution is -2.36. The van der Waals surface area contributed by atoms with Gasteiger partial charge in [-0.15, -0.1) is 0 Å². The summed E-state index contributed by atoms with van der Waals surface area (Å²) in [5.41, 5.74) is 7.66. The topological polar surface area (TPSA) is 99.4 Å². The summed E-state index contributed by atoms with van der Waals surface area (Å²) in [5, 5.41) is 11.6. The molecule has 107 valence electrons. The summed E-state index contributed by atoms with van der Waals surface area (Å²) in [7, 11) is 0. The van der Waals surface area contributed by atoms with Crippen LogP contribution in [0.4, 0.5) is 4.79 Å². The number of carbonyl (C=O) groups excluding carboxylic acids is 2. The smallest absolute Gasteiger partial charge is 0.408 e. The third-order valence-corrected chi connectivity index (χ3v) is 3.33. The van der Waals surface area contributed by atoms with E-state index in [4.69, 9.17) is 10.5 Å². The van der Waals surface area contributed by atoms with Crippen molar-refractivity contribution in [2.24, 2.45) is 5.92 Å². The van der Waals surface area contributed by atoms with Crippen LogP contribution < -0.4 is 11.1 Å². The number of nitrogens with one attached hydrogen (secondary N) is 2. The Morgan fingerprint density at radius 3 is 2.45 bits per heavy atom. The van der Waals surface area contributed by atoms with Crippen molar-refractivity contribution >= 4 is 12.0 Å². The van der Waals surface area contributed by atoms with E-state index >= 15 is 0 Å². The molecule has 6 nitrogen and oxygen atoms in total. The molecule has 0 aliphatic heterocycles. The number of benzene rings is 1. The fourth-order valence-corrected chi connectivity index (χ4v) is 1.95. The summed E-state index contributed by atoms with van der Waals surface area (Å²) in [6.45, 7) is 1.81. The molecule has 20 heavy (non-hydrogen) atoms. The molecule has 1 fully saturated rings. The molecule has 0 spiro atoms. The maximum absolute atomic E-state index is 11.7. The van der Waals surface area contributed by atoms with Gasteiger partial charge >= 0.3 is 6.09 Å². The average molecular weight is 277 g/mol. The Labute approximate surface area is 116 Å². The first-order valence-electron chi connectivity index (χ1n) is 6.49. The third-order valence-electron chi connectivity index (χ3n) is 3.33. The summed E-state index contributed by atoms with van der Waals surface area (Å²) >= 11 is 0. The van der Waals surface area contributed by atoms with Gasteiger partial charge in [0.25, 0.3) is 5.91 Å². The average Bonchev–Trinajstić information content (AvgIpc) is 3.21. The first-order chi connectivity index (χ1) is 9.47. The van der Waals surface area contributed by atoms with E-state index in [1.54, 1.807) is 0 Å². The molecule has 1 aromatic rings. The van der Waals surface area contributed by atoms with Gasteiger partial charge in [-0.2, -0.15) is 0 Å². The van der Waals surface area contributed by atoms with Gasteiger partial charge in [-0.25, -0.2) is 4.79 Å². The van der Waals surface area contributed by atoms with E-state index < -0.39 is 18.0 Å². The van der Waals surface area contributed by atoms with Gasteiger partial charge in [-0.3, -0.25) is 10.5 Å². The van der Waals surface area contributed by atoms with Crippen LogP contribution in [0.15, 0.2) is 24.3 Å². The zero-order valence-electron chi connectivity index (χ0n) is 11.1. The molecule has 0 bridgehead atoms. The Kier molecular flexibility index (Phi) is 4.12. The Balaban J connectivity index is 1.99. The molecule has 2 amide bonds. The second kappa shape index (κ2) is 5.81. The zero-order valence-corrected chi connectivity index (χ0v) is 11.1. The number of hydrogen-bond donors (Lipinski definition) is 2. The van der Waals surface area contributed by atoms with Crippen molar-refractivity contribution in [3.8, 4) is 5.75 Å². The lowest BCUT2D eigenvalue weighted by atomic mass is 10.1. The van der Waals surface area contributed by atoms with Crippen molar-refractivity contribution in [1.29, 1.82) is 0 Å². The van der Waals surface area contributed by atoms with Crippen molar-refractivity contribution in [2.45, 2.75) is 31.9 Å².